The molecule has 3 aromatic heterocycles. The molecule has 0 saturated carbocycles. The van der Waals surface area contributed by atoms with Crippen LogP contribution in [0, 0.1) is 0 Å². The van der Waals surface area contributed by atoms with Gasteiger partial charge in [-0.1, -0.05) is 12.1 Å². The summed E-state index contributed by atoms with van der Waals surface area (Å²) < 4.78 is 23.2. The number of carbonyl (C=O) groups is 2. The number of aromatic nitrogens is 4. The van der Waals surface area contributed by atoms with E-state index in [2.05, 4.69) is 20.3 Å². The van der Waals surface area contributed by atoms with Crippen LogP contribution in [0.25, 0.3) is 11.2 Å². The summed E-state index contributed by atoms with van der Waals surface area (Å²) in [5.74, 6) is 2.06. The highest BCUT2D eigenvalue weighted by atomic mass is 16.6. The molecule has 1 atom stereocenters. The fourth-order valence-electron chi connectivity index (χ4n) is 5.08. The number of benzene rings is 1. The zero-order valence-corrected chi connectivity index (χ0v) is 24.3. The molecule has 1 fully saturated rings. The Morgan fingerprint density at radius 1 is 0.977 bits per heavy atom. The number of cyclic esters (lactones) is 1. The molecule has 14 heteroatoms. The van der Waals surface area contributed by atoms with Crippen LogP contribution >= 0.6 is 0 Å². The molecule has 1 N–H and O–H groups in total. The molecule has 0 aliphatic carbocycles. The molecule has 1 unspecified atom stereocenters. The minimum absolute atomic E-state index is 0.0955. The van der Waals surface area contributed by atoms with Crippen LogP contribution < -0.4 is 34.9 Å². The molecule has 14 nitrogen and oxygen atoms in total. The Morgan fingerprint density at radius 2 is 1.82 bits per heavy atom. The van der Waals surface area contributed by atoms with Crippen LogP contribution in [0.2, 0.25) is 0 Å². The Hall–Kier alpha value is -5.24. The highest BCUT2D eigenvalue weighted by Crippen LogP contribution is 2.34. The van der Waals surface area contributed by atoms with E-state index < -0.39 is 6.09 Å². The number of fused-ring (bicyclic) bond motifs is 2. The van der Waals surface area contributed by atoms with E-state index in [1.165, 1.54) is 18.2 Å². The van der Waals surface area contributed by atoms with E-state index in [4.69, 9.17) is 18.9 Å². The van der Waals surface area contributed by atoms with Gasteiger partial charge in [0.25, 0.3) is 11.5 Å². The first-order valence-electron chi connectivity index (χ1n) is 14.1. The second-order valence-corrected chi connectivity index (χ2v) is 10.2. The number of amides is 2. The van der Waals surface area contributed by atoms with E-state index in [0.717, 1.165) is 11.3 Å². The van der Waals surface area contributed by atoms with Crippen molar-refractivity contribution in [1.29, 1.82) is 0 Å². The normalized spacial score (nSPS) is 16.1. The third kappa shape index (κ3) is 5.97. The number of nitrogens with zero attached hydrogens (tertiary/aromatic N) is 6. The van der Waals surface area contributed by atoms with Crippen molar-refractivity contribution in [2.24, 2.45) is 0 Å². The number of anilines is 2. The van der Waals surface area contributed by atoms with Crippen molar-refractivity contribution in [2.45, 2.75) is 25.6 Å². The molecule has 2 amide bonds. The predicted molar refractivity (Wildman–Crippen MR) is 159 cm³/mol. The zero-order valence-electron chi connectivity index (χ0n) is 24.3. The molecule has 5 heterocycles. The third-order valence-corrected chi connectivity index (χ3v) is 7.41. The first kappa shape index (κ1) is 28.9. The monoisotopic (exact) mass is 601 g/mol. The Kier molecular flexibility index (Phi) is 8.23. The zero-order chi connectivity index (χ0) is 30.6. The standard InChI is InChI=1S/C30H31N7O7/c1-41-20-5-3-19(4-6-20)16-37-27(39)18-43-23-8-9-24(33-29(23)37)36-17-21(44-30(36)40)11-12-31-13-14-35-26(38)15-32-22-7-10-25(42-2)34-28(22)35/h3-10,15,21,31H,11-14,16-18H2,1-2H3. The maximum Gasteiger partial charge on any atom is 0.415 e. The molecule has 0 spiro atoms. The van der Waals surface area contributed by atoms with E-state index in [-0.39, 0.29) is 24.2 Å². The predicted octanol–water partition coefficient (Wildman–Crippen LogP) is 2.13. The molecule has 0 bridgehead atoms. The molecule has 1 saturated heterocycles. The maximum atomic E-state index is 12.8. The van der Waals surface area contributed by atoms with Gasteiger partial charge in [0.1, 0.15) is 23.2 Å². The molecule has 0 radical (unpaired) electrons. The van der Waals surface area contributed by atoms with E-state index in [1.807, 2.05) is 24.3 Å². The molecule has 1 aromatic carbocycles. The molecule has 228 valence electrons. The number of rotatable bonds is 11. The van der Waals surface area contributed by atoms with Gasteiger partial charge in [0, 0.05) is 19.2 Å². The van der Waals surface area contributed by atoms with Crippen molar-refractivity contribution in [3.05, 3.63) is 70.6 Å². The summed E-state index contributed by atoms with van der Waals surface area (Å²) in [4.78, 5) is 54.2. The van der Waals surface area contributed by atoms with Crippen molar-refractivity contribution >= 4 is 34.8 Å². The number of hydrogen-bond donors (Lipinski definition) is 1. The highest BCUT2D eigenvalue weighted by Gasteiger charge is 2.35. The van der Waals surface area contributed by atoms with Crippen LogP contribution in [0.15, 0.2) is 59.5 Å². The Bertz CT molecular complexity index is 1740. The minimum Gasteiger partial charge on any atom is -0.497 e. The number of ether oxygens (including phenoxy) is 4. The van der Waals surface area contributed by atoms with Gasteiger partial charge in [0.05, 0.1) is 33.5 Å². The average molecular weight is 602 g/mol. The number of nitrogens with one attached hydrogen (secondary N) is 1. The van der Waals surface area contributed by atoms with Crippen LogP contribution in [-0.2, 0) is 22.6 Å². The van der Waals surface area contributed by atoms with Gasteiger partial charge in [-0.3, -0.25) is 24.0 Å². The van der Waals surface area contributed by atoms with E-state index in [1.54, 1.807) is 40.8 Å². The topological polar surface area (TPSA) is 150 Å². The number of methoxy groups -OCH3 is 2. The van der Waals surface area contributed by atoms with Crippen molar-refractivity contribution in [2.75, 3.05) is 50.3 Å². The van der Waals surface area contributed by atoms with Gasteiger partial charge in [-0.25, -0.2) is 14.8 Å². The number of hydrogen-bond acceptors (Lipinski definition) is 11. The van der Waals surface area contributed by atoms with Crippen molar-refractivity contribution in [1.82, 2.24) is 24.8 Å². The summed E-state index contributed by atoms with van der Waals surface area (Å²) in [5, 5.41) is 3.30. The number of pyridine rings is 2. The summed E-state index contributed by atoms with van der Waals surface area (Å²) in [6.07, 6.45) is 0.952. The lowest BCUT2D eigenvalue weighted by atomic mass is 10.2. The first-order valence-corrected chi connectivity index (χ1v) is 14.1. The summed E-state index contributed by atoms with van der Waals surface area (Å²) in [5.41, 5.74) is 1.68. The van der Waals surface area contributed by atoms with E-state index in [0.29, 0.717) is 73.6 Å². The Balaban J connectivity index is 1.06. The largest absolute Gasteiger partial charge is 0.497 e. The highest BCUT2D eigenvalue weighted by molar-refractivity contribution is 5.97. The van der Waals surface area contributed by atoms with Crippen molar-refractivity contribution < 1.29 is 28.5 Å². The van der Waals surface area contributed by atoms with Gasteiger partial charge in [0.2, 0.25) is 5.88 Å². The Labute approximate surface area is 252 Å². The van der Waals surface area contributed by atoms with Crippen LogP contribution in [0.1, 0.15) is 12.0 Å². The third-order valence-electron chi connectivity index (χ3n) is 7.41. The summed E-state index contributed by atoms with van der Waals surface area (Å²) in [7, 11) is 3.11. The quantitative estimate of drug-likeness (QED) is 0.252. The van der Waals surface area contributed by atoms with Crippen LogP contribution in [0.4, 0.5) is 16.4 Å². The van der Waals surface area contributed by atoms with E-state index in [9.17, 15) is 14.4 Å². The van der Waals surface area contributed by atoms with E-state index >= 15 is 0 Å². The fraction of sp³-hybridized carbons (Fsp3) is 0.333. The lowest BCUT2D eigenvalue weighted by molar-refractivity contribution is -0.121. The smallest absolute Gasteiger partial charge is 0.415 e. The molecule has 2 aliphatic rings. The summed E-state index contributed by atoms with van der Waals surface area (Å²) >= 11 is 0. The molecule has 2 aliphatic heterocycles. The van der Waals surface area contributed by atoms with Gasteiger partial charge in [0.15, 0.2) is 23.8 Å². The summed E-state index contributed by atoms with van der Waals surface area (Å²) in [6, 6.07) is 14.3. The molecule has 44 heavy (non-hydrogen) atoms. The molecule has 6 rings (SSSR count). The lowest BCUT2D eigenvalue weighted by Gasteiger charge is -2.29. The molecular weight excluding hydrogens is 570 g/mol. The van der Waals surface area contributed by atoms with Crippen LogP contribution in [-0.4, -0.2) is 78.1 Å². The summed E-state index contributed by atoms with van der Waals surface area (Å²) in [6.45, 7) is 1.92. The van der Waals surface area contributed by atoms with Crippen LogP contribution in [0.5, 0.6) is 17.4 Å². The van der Waals surface area contributed by atoms with Crippen LogP contribution in [0.3, 0.4) is 0 Å². The second-order valence-electron chi connectivity index (χ2n) is 10.2. The first-order chi connectivity index (χ1) is 21.4. The van der Waals surface area contributed by atoms with Crippen molar-refractivity contribution in [3.8, 4) is 17.4 Å². The minimum atomic E-state index is -0.512. The van der Waals surface area contributed by atoms with Gasteiger partial charge in [-0.2, -0.15) is 4.98 Å². The lowest BCUT2D eigenvalue weighted by Crippen LogP contribution is -2.39. The van der Waals surface area contributed by atoms with Gasteiger partial charge in [-0.15, -0.1) is 0 Å². The van der Waals surface area contributed by atoms with Gasteiger partial charge in [-0.05, 0) is 48.9 Å². The fourth-order valence-corrected chi connectivity index (χ4v) is 5.08. The van der Waals surface area contributed by atoms with Crippen molar-refractivity contribution in [3.63, 3.8) is 0 Å². The second kappa shape index (κ2) is 12.6. The molecule has 4 aromatic rings. The Morgan fingerprint density at radius 3 is 2.61 bits per heavy atom. The molecular formula is C30H31N7O7. The van der Waals surface area contributed by atoms with Gasteiger partial charge >= 0.3 is 6.09 Å². The maximum absolute atomic E-state index is 12.8. The average Bonchev–Trinajstić information content (AvgIpc) is 3.42. The van der Waals surface area contributed by atoms with Gasteiger partial charge < -0.3 is 24.3 Å². The number of carbonyl (C=O) groups excluding carboxylic acids is 2. The SMILES string of the molecule is COc1ccc(CN2C(=O)COc3ccc(N4CC(CCNCCn5c(=O)cnc6ccc(OC)nc65)OC4=O)nc32)cc1.